The summed E-state index contributed by atoms with van der Waals surface area (Å²) >= 11 is 0. The molecule has 5 aliphatic carbocycles. The Balaban J connectivity index is 0.981. The monoisotopic (exact) mass is 620 g/mol. The Morgan fingerprint density at radius 3 is 2.50 bits per heavy atom. The third kappa shape index (κ3) is 3.83. The second-order valence-electron chi connectivity index (χ2n) is 17.3. The van der Waals surface area contributed by atoms with Crippen LogP contribution in [0.4, 0.5) is 0 Å². The van der Waals surface area contributed by atoms with Gasteiger partial charge >= 0.3 is 0 Å². The van der Waals surface area contributed by atoms with Gasteiger partial charge in [0.05, 0.1) is 11.7 Å². The summed E-state index contributed by atoms with van der Waals surface area (Å²) in [6.07, 6.45) is 12.0. The lowest BCUT2D eigenvalue weighted by molar-refractivity contribution is -0.149. The summed E-state index contributed by atoms with van der Waals surface area (Å²) in [7, 11) is 0. The second-order valence-corrected chi connectivity index (χ2v) is 17.3. The van der Waals surface area contributed by atoms with Crippen LogP contribution in [0.1, 0.15) is 91.0 Å². The van der Waals surface area contributed by atoms with Crippen LogP contribution in [0, 0.1) is 39.9 Å². The number of carbonyl (C=O) groups excluding carboxylic acids is 1. The van der Waals surface area contributed by atoms with Crippen molar-refractivity contribution in [1.29, 1.82) is 0 Å². The molecule has 9 rings (SSSR count). The quantitative estimate of drug-likeness (QED) is 0.375. The Labute approximate surface area is 275 Å². The summed E-state index contributed by atoms with van der Waals surface area (Å²) in [5.74, 6) is 4.21. The Hall–Kier alpha value is -2.47. The van der Waals surface area contributed by atoms with Crippen molar-refractivity contribution in [1.82, 2.24) is 4.90 Å². The number of rotatable bonds is 4. The van der Waals surface area contributed by atoms with Crippen molar-refractivity contribution in [2.45, 2.75) is 115 Å². The van der Waals surface area contributed by atoms with E-state index in [1.165, 1.54) is 30.4 Å². The number of para-hydroxylation sites is 1. The van der Waals surface area contributed by atoms with Crippen LogP contribution < -0.4 is 10.5 Å². The Kier molecular flexibility index (Phi) is 6.32. The lowest BCUT2D eigenvalue weighted by Gasteiger charge is -2.55. The third-order valence-corrected chi connectivity index (χ3v) is 15.4. The molecule has 2 N–H and O–H groups in total. The lowest BCUT2D eigenvalue weighted by atomic mass is 9.53. The first-order valence-electron chi connectivity index (χ1n) is 18.3. The molecule has 46 heavy (non-hydrogen) atoms. The smallest absolute Gasteiger partial charge is 0.155 e. The van der Waals surface area contributed by atoms with Crippen LogP contribution in [0.15, 0.2) is 66.2 Å². The first-order chi connectivity index (χ1) is 22.0. The Morgan fingerprint density at radius 1 is 0.957 bits per heavy atom. The first-order valence-corrected chi connectivity index (χ1v) is 18.3. The summed E-state index contributed by atoms with van der Waals surface area (Å²) in [4.78, 5) is 15.2. The number of likely N-dealkylation sites (tertiary alicyclic amines) is 1. The van der Waals surface area contributed by atoms with Gasteiger partial charge in [-0.2, -0.15) is 0 Å². The number of carbonyl (C=O) groups is 1. The standard InChI is InChI=1S/C41H52N2O3/c1-26-20-33-36(43(23-26)24-28-10-12-32(13-11-28)45-31-8-6-5-7-9-31)27(2)41(46-33)19-16-34-39(25-38(39,41)4)22-35-37(3)17-15-30(44)21-29(37)14-18-40(34,35)42/h5-13,21,26-27,33-36H,14-20,22-25,42H2,1-4H3/t26-,27+,33+,34+,35+,36?,37-,38?,39?,40+,41+/m0/s1. The van der Waals surface area contributed by atoms with E-state index in [1.54, 1.807) is 0 Å². The molecule has 2 spiro atoms. The van der Waals surface area contributed by atoms with Gasteiger partial charge in [0, 0.05) is 42.4 Å². The molecule has 0 aromatic heterocycles. The fourth-order valence-corrected chi connectivity index (χ4v) is 13.2. The molecule has 2 aromatic carbocycles. The zero-order chi connectivity index (χ0) is 31.7. The molecule has 2 saturated heterocycles. The van der Waals surface area contributed by atoms with Crippen molar-refractivity contribution in [2.75, 3.05) is 6.54 Å². The zero-order valence-electron chi connectivity index (χ0n) is 28.3. The van der Waals surface area contributed by atoms with E-state index in [9.17, 15) is 4.79 Å². The van der Waals surface area contributed by atoms with Crippen LogP contribution in [0.5, 0.6) is 11.5 Å². The van der Waals surface area contributed by atoms with E-state index >= 15 is 0 Å². The van der Waals surface area contributed by atoms with Gasteiger partial charge < -0.3 is 15.2 Å². The zero-order valence-corrected chi connectivity index (χ0v) is 28.3. The summed E-state index contributed by atoms with van der Waals surface area (Å²) in [6, 6.07) is 19.2. The van der Waals surface area contributed by atoms with E-state index in [-0.39, 0.29) is 33.5 Å². The number of nitrogens with zero attached hydrogens (tertiary/aromatic N) is 1. The van der Waals surface area contributed by atoms with Gasteiger partial charge in [-0.1, -0.05) is 63.6 Å². The highest BCUT2D eigenvalue weighted by Gasteiger charge is 2.86. The normalized spacial score (nSPS) is 47.3. The minimum atomic E-state index is -0.114. The van der Waals surface area contributed by atoms with Crippen molar-refractivity contribution in [3.05, 3.63) is 71.8 Å². The molecule has 0 bridgehead atoms. The Bertz CT molecular complexity index is 1590. The Morgan fingerprint density at radius 2 is 1.72 bits per heavy atom. The van der Waals surface area contributed by atoms with Crippen LogP contribution in [0.2, 0.25) is 0 Å². The second kappa shape index (κ2) is 9.80. The highest BCUT2D eigenvalue weighted by molar-refractivity contribution is 5.91. The average Bonchev–Trinajstić information content (AvgIpc) is 3.44. The highest BCUT2D eigenvalue weighted by atomic mass is 16.5. The minimum absolute atomic E-state index is 0.0771. The SMILES string of the molecule is C[C@H]1C[C@H]2O[C@]3(CC[C@@H]4C5(C[C@H]6[C@@]4(N)CCC4=CC(=O)CC[C@@]46C)CC53C)[C@H](C)C2N(Cc2ccc(Oc3ccccc3)cc2)C1. The topological polar surface area (TPSA) is 64.8 Å². The van der Waals surface area contributed by atoms with Gasteiger partial charge in [0.15, 0.2) is 5.78 Å². The molecule has 2 aliphatic heterocycles. The van der Waals surface area contributed by atoms with E-state index in [4.69, 9.17) is 15.2 Å². The fraction of sp³-hybridized carbons (Fsp3) is 0.634. The molecule has 0 amide bonds. The van der Waals surface area contributed by atoms with E-state index in [2.05, 4.69) is 56.9 Å². The number of allylic oxidation sites excluding steroid dienone is 2. The van der Waals surface area contributed by atoms with E-state index in [0.29, 0.717) is 41.9 Å². The predicted molar refractivity (Wildman–Crippen MR) is 180 cm³/mol. The van der Waals surface area contributed by atoms with Crippen molar-refractivity contribution in [3.63, 3.8) is 0 Å². The molecule has 3 unspecified atom stereocenters. The maximum absolute atomic E-state index is 12.4. The average molecular weight is 621 g/mol. The minimum Gasteiger partial charge on any atom is -0.457 e. The van der Waals surface area contributed by atoms with Crippen LogP contribution in [-0.2, 0) is 16.1 Å². The number of ketones is 1. The number of benzene rings is 2. The predicted octanol–water partition coefficient (Wildman–Crippen LogP) is 8.08. The molecule has 7 aliphatic rings. The summed E-state index contributed by atoms with van der Waals surface area (Å²) in [6.45, 7) is 12.1. The van der Waals surface area contributed by atoms with Gasteiger partial charge in [-0.05, 0) is 116 Å². The van der Waals surface area contributed by atoms with Crippen molar-refractivity contribution < 1.29 is 14.3 Å². The molecule has 2 aromatic rings. The van der Waals surface area contributed by atoms with E-state index in [1.807, 2.05) is 36.4 Å². The molecule has 6 fully saturated rings. The first kappa shape index (κ1) is 29.7. The number of nitrogens with two attached hydrogens (primary N) is 1. The van der Waals surface area contributed by atoms with Gasteiger partial charge in [-0.3, -0.25) is 9.69 Å². The molecule has 0 radical (unpaired) electrons. The molecule has 244 valence electrons. The van der Waals surface area contributed by atoms with Gasteiger partial charge in [-0.15, -0.1) is 0 Å². The lowest BCUT2D eigenvalue weighted by Crippen LogP contribution is -2.60. The van der Waals surface area contributed by atoms with Crippen molar-refractivity contribution >= 4 is 5.78 Å². The highest BCUT2D eigenvalue weighted by Crippen LogP contribution is 2.87. The molecule has 2 heterocycles. The van der Waals surface area contributed by atoms with Crippen molar-refractivity contribution in [3.8, 4) is 11.5 Å². The van der Waals surface area contributed by atoms with Crippen LogP contribution in [-0.4, -0.2) is 40.5 Å². The largest absolute Gasteiger partial charge is 0.457 e. The van der Waals surface area contributed by atoms with Crippen LogP contribution in [0.25, 0.3) is 0 Å². The van der Waals surface area contributed by atoms with Crippen LogP contribution >= 0.6 is 0 Å². The summed E-state index contributed by atoms with van der Waals surface area (Å²) in [5.41, 5.74) is 10.7. The summed E-state index contributed by atoms with van der Waals surface area (Å²) in [5, 5.41) is 0. The summed E-state index contributed by atoms with van der Waals surface area (Å²) < 4.78 is 13.6. The molecule has 5 nitrogen and oxygen atoms in total. The van der Waals surface area contributed by atoms with Gasteiger partial charge in [0.25, 0.3) is 0 Å². The molecule has 4 saturated carbocycles. The fourth-order valence-electron chi connectivity index (χ4n) is 13.2. The number of fused-ring (bicyclic) bond motifs is 6. The van der Waals surface area contributed by atoms with E-state index < -0.39 is 0 Å². The van der Waals surface area contributed by atoms with E-state index in [0.717, 1.165) is 56.7 Å². The molecule has 5 heteroatoms. The van der Waals surface area contributed by atoms with Crippen LogP contribution in [0.3, 0.4) is 0 Å². The molecular weight excluding hydrogens is 568 g/mol. The number of hydrogen-bond donors (Lipinski definition) is 1. The van der Waals surface area contributed by atoms with Gasteiger partial charge in [0.2, 0.25) is 0 Å². The third-order valence-electron chi connectivity index (χ3n) is 15.4. The van der Waals surface area contributed by atoms with Gasteiger partial charge in [-0.25, -0.2) is 0 Å². The maximum Gasteiger partial charge on any atom is 0.155 e. The number of hydrogen-bond acceptors (Lipinski definition) is 5. The molecule has 11 atom stereocenters. The number of ether oxygens (including phenoxy) is 2. The van der Waals surface area contributed by atoms with Crippen molar-refractivity contribution in [2.24, 2.45) is 45.7 Å². The molecular formula is C41H52N2O3. The maximum atomic E-state index is 12.4. The van der Waals surface area contributed by atoms with Gasteiger partial charge in [0.1, 0.15) is 11.5 Å². The number of piperidine rings is 1.